The number of rotatable bonds is 8. The van der Waals surface area contributed by atoms with Crippen molar-refractivity contribution < 1.29 is 17.9 Å². The van der Waals surface area contributed by atoms with Gasteiger partial charge in [0.05, 0.1) is 17.1 Å². The number of carbonyl (C=O) groups excluding carboxylic acids is 1. The topological polar surface area (TPSA) is 79.0 Å². The molecule has 3 aromatic carbocycles. The molecule has 0 aromatic heterocycles. The molecule has 3 aromatic rings. The molecule has 0 bridgehead atoms. The highest BCUT2D eigenvalue weighted by Gasteiger charge is 2.38. The zero-order valence-electron chi connectivity index (χ0n) is 22.8. The van der Waals surface area contributed by atoms with Gasteiger partial charge in [-0.2, -0.15) is 0 Å². The molecule has 0 fully saturated rings. The Morgan fingerprint density at radius 1 is 1.00 bits per heavy atom. The maximum Gasteiger partial charge on any atom is 0.264 e. The van der Waals surface area contributed by atoms with Gasteiger partial charge in [-0.1, -0.05) is 57.2 Å². The van der Waals surface area contributed by atoms with Crippen molar-refractivity contribution in [2.45, 2.75) is 57.6 Å². The van der Waals surface area contributed by atoms with Crippen molar-refractivity contribution >= 4 is 27.3 Å². The van der Waals surface area contributed by atoms with Gasteiger partial charge in [-0.05, 0) is 66.8 Å². The Morgan fingerprint density at radius 2 is 1.66 bits per heavy atom. The van der Waals surface area contributed by atoms with Crippen LogP contribution in [0.4, 0.5) is 11.4 Å². The van der Waals surface area contributed by atoms with Gasteiger partial charge in [0.2, 0.25) is 0 Å². The Bertz CT molecular complexity index is 1360. The second kappa shape index (κ2) is 11.1. The average molecular weight is 536 g/mol. The van der Waals surface area contributed by atoms with Crippen LogP contribution in [0, 0.1) is 0 Å². The quantitative estimate of drug-likeness (QED) is 0.434. The van der Waals surface area contributed by atoms with Crippen LogP contribution in [0.25, 0.3) is 0 Å². The lowest BCUT2D eigenvalue weighted by atomic mass is 9.86. The van der Waals surface area contributed by atoms with Crippen molar-refractivity contribution in [2.75, 3.05) is 28.8 Å². The van der Waals surface area contributed by atoms with Gasteiger partial charge in [-0.15, -0.1) is 0 Å². The third-order valence-electron chi connectivity index (χ3n) is 6.85. The molecule has 1 atom stereocenters. The van der Waals surface area contributed by atoms with E-state index in [1.54, 1.807) is 36.4 Å². The smallest absolute Gasteiger partial charge is 0.264 e. The Kier molecular flexibility index (Phi) is 8.02. The minimum atomic E-state index is -3.92. The molecule has 0 aliphatic carbocycles. The molecular formula is C30H37N3O4S. The van der Waals surface area contributed by atoms with Gasteiger partial charge < -0.3 is 15.0 Å². The number of nitrogens with zero attached hydrogens (tertiary/aromatic N) is 2. The third kappa shape index (κ3) is 5.80. The molecule has 0 saturated heterocycles. The maximum atomic E-state index is 13.7. The summed E-state index contributed by atoms with van der Waals surface area (Å²) in [5, 5.41) is 2.92. The number of hydrogen-bond acceptors (Lipinski definition) is 5. The molecule has 1 heterocycles. The van der Waals surface area contributed by atoms with E-state index in [0.717, 1.165) is 29.9 Å². The summed E-state index contributed by atoms with van der Waals surface area (Å²) in [6, 6.07) is 21.9. The van der Waals surface area contributed by atoms with Crippen molar-refractivity contribution in [1.82, 2.24) is 5.32 Å². The van der Waals surface area contributed by atoms with Crippen LogP contribution in [-0.2, 0) is 26.8 Å². The fraction of sp³-hybridized carbons (Fsp3) is 0.367. The van der Waals surface area contributed by atoms with Crippen LogP contribution in [0.1, 0.15) is 45.7 Å². The van der Waals surface area contributed by atoms with Gasteiger partial charge in [-0.3, -0.25) is 9.10 Å². The second-order valence-electron chi connectivity index (χ2n) is 10.4. The molecule has 4 rings (SSSR count). The van der Waals surface area contributed by atoms with E-state index in [9.17, 15) is 13.2 Å². The van der Waals surface area contributed by atoms with Crippen LogP contribution in [0.5, 0.6) is 5.75 Å². The van der Waals surface area contributed by atoms with Gasteiger partial charge in [0, 0.05) is 25.3 Å². The van der Waals surface area contributed by atoms with Gasteiger partial charge >= 0.3 is 0 Å². The maximum absolute atomic E-state index is 13.7. The SMILES string of the molecule is CCN(CC)c1ccc(CNC(=O)[C@@H]2CN(S(=O)(=O)c3ccccc3)c3cc(C(C)(C)C)ccc3O2)cc1. The lowest BCUT2D eigenvalue weighted by Crippen LogP contribution is -2.50. The Labute approximate surface area is 226 Å². The van der Waals surface area contributed by atoms with E-state index < -0.39 is 16.1 Å². The minimum absolute atomic E-state index is 0.120. The molecular weight excluding hydrogens is 498 g/mol. The van der Waals surface area contributed by atoms with E-state index >= 15 is 0 Å². The Hall–Kier alpha value is -3.52. The van der Waals surface area contributed by atoms with Crippen molar-refractivity contribution in [2.24, 2.45) is 0 Å². The summed E-state index contributed by atoms with van der Waals surface area (Å²) in [4.78, 5) is 15.6. The first-order valence-corrected chi connectivity index (χ1v) is 14.5. The van der Waals surface area contributed by atoms with Gasteiger partial charge in [-0.25, -0.2) is 8.42 Å². The molecule has 1 aliphatic heterocycles. The minimum Gasteiger partial charge on any atom is -0.476 e. The summed E-state index contributed by atoms with van der Waals surface area (Å²) in [5.41, 5.74) is 3.32. The summed E-state index contributed by atoms with van der Waals surface area (Å²) in [5.74, 6) is 0.00381. The normalized spacial score (nSPS) is 15.4. The molecule has 1 aliphatic rings. The highest BCUT2D eigenvalue weighted by Crippen LogP contribution is 2.40. The van der Waals surface area contributed by atoms with Crippen LogP contribution in [0.2, 0.25) is 0 Å². The van der Waals surface area contributed by atoms with Crippen LogP contribution in [-0.4, -0.2) is 40.1 Å². The molecule has 0 spiro atoms. The highest BCUT2D eigenvalue weighted by atomic mass is 32.2. The van der Waals surface area contributed by atoms with Crippen LogP contribution in [0.15, 0.2) is 77.7 Å². The highest BCUT2D eigenvalue weighted by molar-refractivity contribution is 7.92. The van der Waals surface area contributed by atoms with E-state index in [4.69, 9.17) is 4.74 Å². The van der Waals surface area contributed by atoms with Crippen LogP contribution < -0.4 is 19.3 Å². The summed E-state index contributed by atoms with van der Waals surface area (Å²) < 4.78 is 34.8. The zero-order valence-corrected chi connectivity index (χ0v) is 23.6. The zero-order chi connectivity index (χ0) is 27.5. The van der Waals surface area contributed by atoms with Gasteiger partial charge in [0.15, 0.2) is 6.10 Å². The lowest BCUT2D eigenvalue weighted by molar-refractivity contribution is -0.127. The van der Waals surface area contributed by atoms with Crippen molar-refractivity contribution in [3.8, 4) is 5.75 Å². The predicted molar refractivity (Wildman–Crippen MR) is 152 cm³/mol. The van der Waals surface area contributed by atoms with Gasteiger partial charge in [0.1, 0.15) is 5.75 Å². The number of nitrogens with one attached hydrogen (secondary N) is 1. The second-order valence-corrected chi connectivity index (χ2v) is 12.3. The molecule has 1 N–H and O–H groups in total. The first kappa shape index (κ1) is 27.5. The Morgan fingerprint density at radius 3 is 2.26 bits per heavy atom. The molecule has 0 unspecified atom stereocenters. The summed E-state index contributed by atoms with van der Waals surface area (Å²) in [6.07, 6.45) is -0.989. The molecule has 202 valence electrons. The molecule has 1 amide bonds. The van der Waals surface area contributed by atoms with Crippen LogP contribution in [0.3, 0.4) is 0 Å². The van der Waals surface area contributed by atoms with Crippen LogP contribution >= 0.6 is 0 Å². The fourth-order valence-corrected chi connectivity index (χ4v) is 6.01. The van der Waals surface area contributed by atoms with E-state index in [0.29, 0.717) is 18.0 Å². The predicted octanol–water partition coefficient (Wildman–Crippen LogP) is 5.10. The van der Waals surface area contributed by atoms with Crippen molar-refractivity contribution in [1.29, 1.82) is 0 Å². The standard InChI is InChI=1S/C30H37N3O4S/c1-6-32(7-2)24-16-13-22(14-17-24)20-31-29(34)28-21-33(38(35,36)25-11-9-8-10-12-25)26-19-23(30(3,4)5)15-18-27(26)37-28/h8-19,28H,6-7,20-21H2,1-5H3,(H,31,34)/t28-/m0/s1. The van der Waals surface area contributed by atoms with Gasteiger partial charge in [0.25, 0.3) is 15.9 Å². The van der Waals surface area contributed by atoms with E-state index in [1.165, 1.54) is 4.31 Å². The number of ether oxygens (including phenoxy) is 1. The molecule has 7 nitrogen and oxygen atoms in total. The molecule has 38 heavy (non-hydrogen) atoms. The van der Waals surface area contributed by atoms with E-state index in [2.05, 4.69) is 44.8 Å². The number of sulfonamides is 1. The number of hydrogen-bond donors (Lipinski definition) is 1. The summed E-state index contributed by atoms with van der Waals surface area (Å²) in [6.45, 7) is 12.5. The summed E-state index contributed by atoms with van der Waals surface area (Å²) >= 11 is 0. The first-order chi connectivity index (χ1) is 18.0. The number of fused-ring (bicyclic) bond motifs is 1. The number of amides is 1. The monoisotopic (exact) mass is 535 g/mol. The number of anilines is 2. The largest absolute Gasteiger partial charge is 0.476 e. The molecule has 0 radical (unpaired) electrons. The number of carbonyl (C=O) groups is 1. The third-order valence-corrected chi connectivity index (χ3v) is 8.64. The van der Waals surface area contributed by atoms with Crippen molar-refractivity contribution in [3.05, 3.63) is 83.9 Å². The average Bonchev–Trinajstić information content (AvgIpc) is 2.92. The molecule has 8 heteroatoms. The first-order valence-electron chi connectivity index (χ1n) is 13.0. The number of benzene rings is 3. The lowest BCUT2D eigenvalue weighted by Gasteiger charge is -2.36. The fourth-order valence-electron chi connectivity index (χ4n) is 4.52. The van der Waals surface area contributed by atoms with E-state index in [1.807, 2.05) is 36.4 Å². The summed E-state index contributed by atoms with van der Waals surface area (Å²) in [7, 11) is -3.92. The van der Waals surface area contributed by atoms with Crippen molar-refractivity contribution in [3.63, 3.8) is 0 Å². The Balaban J connectivity index is 1.58. The van der Waals surface area contributed by atoms with E-state index in [-0.39, 0.29) is 22.8 Å². The molecule has 0 saturated carbocycles.